The van der Waals surface area contributed by atoms with Gasteiger partial charge in [-0.3, -0.25) is 9.78 Å². The second kappa shape index (κ2) is 7.22. The molecule has 0 unspecified atom stereocenters. The highest BCUT2D eigenvalue weighted by atomic mass is 19.1. The van der Waals surface area contributed by atoms with Gasteiger partial charge in [0.05, 0.1) is 11.9 Å². The van der Waals surface area contributed by atoms with E-state index in [9.17, 15) is 9.18 Å². The molecule has 4 aromatic rings. The highest BCUT2D eigenvalue weighted by Crippen LogP contribution is 2.25. The first kappa shape index (κ1) is 17.8. The van der Waals surface area contributed by atoms with Crippen LogP contribution in [0, 0.1) is 12.7 Å². The predicted molar refractivity (Wildman–Crippen MR) is 101 cm³/mol. The molecule has 0 spiro atoms. The zero-order valence-electron chi connectivity index (χ0n) is 15.4. The lowest BCUT2D eigenvalue weighted by Gasteiger charge is -2.10. The number of amides is 1. The highest BCUT2D eigenvalue weighted by Gasteiger charge is 2.20. The van der Waals surface area contributed by atoms with E-state index in [1.807, 2.05) is 13.0 Å². The van der Waals surface area contributed by atoms with Crippen LogP contribution in [0.25, 0.3) is 22.4 Å². The number of nitrogens with zero attached hydrogens (tertiary/aromatic N) is 3. The van der Waals surface area contributed by atoms with Crippen molar-refractivity contribution < 1.29 is 13.7 Å². The molecule has 2 N–H and O–H groups in total. The van der Waals surface area contributed by atoms with Gasteiger partial charge in [-0.25, -0.2) is 4.39 Å². The molecule has 0 saturated heterocycles. The van der Waals surface area contributed by atoms with Crippen LogP contribution in [0.2, 0.25) is 0 Å². The molecule has 0 radical (unpaired) electrons. The van der Waals surface area contributed by atoms with Crippen LogP contribution < -0.4 is 5.32 Å². The summed E-state index contributed by atoms with van der Waals surface area (Å²) in [4.78, 5) is 24.0. The van der Waals surface area contributed by atoms with Gasteiger partial charge in [-0.15, -0.1) is 0 Å². The van der Waals surface area contributed by atoms with Gasteiger partial charge >= 0.3 is 0 Å². The van der Waals surface area contributed by atoms with Crippen LogP contribution in [0.3, 0.4) is 0 Å². The van der Waals surface area contributed by atoms with E-state index in [1.165, 1.54) is 6.07 Å². The first-order valence-electron chi connectivity index (χ1n) is 8.83. The molecule has 4 rings (SSSR count). The van der Waals surface area contributed by atoms with Gasteiger partial charge in [0, 0.05) is 17.3 Å². The van der Waals surface area contributed by atoms with Crippen LogP contribution in [0.5, 0.6) is 0 Å². The minimum Gasteiger partial charge on any atom is -0.356 e. The van der Waals surface area contributed by atoms with Gasteiger partial charge in [-0.1, -0.05) is 23.4 Å². The molecule has 1 atom stereocenters. The van der Waals surface area contributed by atoms with Crippen molar-refractivity contribution in [2.24, 2.45) is 0 Å². The van der Waals surface area contributed by atoms with Crippen LogP contribution in [0.1, 0.15) is 30.1 Å². The standard InChI is InChI=1S/C20H18FN5O2/c1-11-14(13-6-5-7-15(21)18(13)24-11)10-17(27)23-12(2)20-25-19(26-28-20)16-8-3-4-9-22-16/h3-9,12,24H,10H2,1-2H3,(H,23,27)/t12-/m0/s1. The maximum absolute atomic E-state index is 13.9. The van der Waals surface area contributed by atoms with E-state index in [2.05, 4.69) is 25.4 Å². The van der Waals surface area contributed by atoms with E-state index in [-0.39, 0.29) is 24.0 Å². The fourth-order valence-corrected chi connectivity index (χ4v) is 3.12. The lowest BCUT2D eigenvalue weighted by atomic mass is 10.1. The molecule has 142 valence electrons. The van der Waals surface area contributed by atoms with Crippen molar-refractivity contribution in [3.8, 4) is 11.5 Å². The Morgan fingerprint density at radius 3 is 2.93 bits per heavy atom. The van der Waals surface area contributed by atoms with E-state index in [0.717, 1.165) is 11.3 Å². The minimum absolute atomic E-state index is 0.112. The van der Waals surface area contributed by atoms with Crippen molar-refractivity contribution in [1.82, 2.24) is 25.4 Å². The fraction of sp³-hybridized carbons (Fsp3) is 0.200. The molecule has 3 aromatic heterocycles. The molecule has 1 amide bonds. The first-order chi connectivity index (χ1) is 13.5. The maximum Gasteiger partial charge on any atom is 0.249 e. The number of halogens is 1. The Labute approximate surface area is 160 Å². The Morgan fingerprint density at radius 2 is 2.14 bits per heavy atom. The van der Waals surface area contributed by atoms with Crippen LogP contribution >= 0.6 is 0 Å². The summed E-state index contributed by atoms with van der Waals surface area (Å²) in [5.74, 6) is 0.0854. The summed E-state index contributed by atoms with van der Waals surface area (Å²) in [6.45, 7) is 3.58. The van der Waals surface area contributed by atoms with Gasteiger partial charge in [0.15, 0.2) is 0 Å². The van der Waals surface area contributed by atoms with E-state index in [1.54, 1.807) is 37.4 Å². The third-order valence-corrected chi connectivity index (χ3v) is 4.52. The SMILES string of the molecule is Cc1[nH]c2c(F)cccc2c1CC(=O)N[C@@H](C)c1nc(-c2ccccn2)no1. The molecule has 7 nitrogen and oxygen atoms in total. The Morgan fingerprint density at radius 1 is 1.29 bits per heavy atom. The third-order valence-electron chi connectivity index (χ3n) is 4.52. The number of aromatic amines is 1. The molecule has 28 heavy (non-hydrogen) atoms. The Kier molecular flexibility index (Phi) is 4.60. The first-order valence-corrected chi connectivity index (χ1v) is 8.83. The number of para-hydroxylation sites is 1. The molecule has 1 aromatic carbocycles. The van der Waals surface area contributed by atoms with Gasteiger partial charge < -0.3 is 14.8 Å². The molecular weight excluding hydrogens is 361 g/mol. The Balaban J connectivity index is 1.48. The fourth-order valence-electron chi connectivity index (χ4n) is 3.12. The second-order valence-electron chi connectivity index (χ2n) is 6.53. The number of H-pyrrole nitrogens is 1. The van der Waals surface area contributed by atoms with Crippen molar-refractivity contribution in [2.75, 3.05) is 0 Å². The topological polar surface area (TPSA) is 96.7 Å². The number of aromatic nitrogens is 4. The number of nitrogens with one attached hydrogen (secondary N) is 2. The number of fused-ring (bicyclic) bond motifs is 1. The number of aryl methyl sites for hydroxylation is 1. The molecule has 0 saturated carbocycles. The van der Waals surface area contributed by atoms with E-state index in [0.29, 0.717) is 22.4 Å². The quantitative estimate of drug-likeness (QED) is 0.553. The average Bonchev–Trinajstić information content (AvgIpc) is 3.30. The van der Waals surface area contributed by atoms with Gasteiger partial charge in [-0.2, -0.15) is 4.98 Å². The molecule has 0 fully saturated rings. The van der Waals surface area contributed by atoms with Gasteiger partial charge in [-0.05, 0) is 37.6 Å². The number of carbonyl (C=O) groups excluding carboxylic acids is 1. The largest absolute Gasteiger partial charge is 0.356 e. The molecule has 0 bridgehead atoms. The predicted octanol–water partition coefficient (Wildman–Crippen LogP) is 3.48. The van der Waals surface area contributed by atoms with E-state index in [4.69, 9.17) is 4.52 Å². The van der Waals surface area contributed by atoms with E-state index >= 15 is 0 Å². The lowest BCUT2D eigenvalue weighted by molar-refractivity contribution is -0.121. The molecule has 0 aliphatic rings. The molecule has 8 heteroatoms. The summed E-state index contributed by atoms with van der Waals surface area (Å²) in [6.07, 6.45) is 1.75. The number of carbonyl (C=O) groups is 1. The van der Waals surface area contributed by atoms with Gasteiger partial charge in [0.2, 0.25) is 17.6 Å². The smallest absolute Gasteiger partial charge is 0.249 e. The number of hydrogen-bond donors (Lipinski definition) is 2. The summed E-state index contributed by atoms with van der Waals surface area (Å²) in [7, 11) is 0. The van der Waals surface area contributed by atoms with Crippen molar-refractivity contribution in [3.05, 3.63) is 65.6 Å². The van der Waals surface area contributed by atoms with Crippen molar-refractivity contribution in [2.45, 2.75) is 26.3 Å². The zero-order valence-corrected chi connectivity index (χ0v) is 15.4. The monoisotopic (exact) mass is 379 g/mol. The number of pyridine rings is 1. The highest BCUT2D eigenvalue weighted by molar-refractivity contribution is 5.90. The second-order valence-corrected chi connectivity index (χ2v) is 6.53. The lowest BCUT2D eigenvalue weighted by Crippen LogP contribution is -2.28. The minimum atomic E-state index is -0.472. The van der Waals surface area contributed by atoms with Gasteiger partial charge in [0.1, 0.15) is 17.6 Å². The van der Waals surface area contributed by atoms with E-state index < -0.39 is 6.04 Å². The van der Waals surface area contributed by atoms with Crippen LogP contribution in [-0.4, -0.2) is 26.0 Å². The third kappa shape index (κ3) is 3.36. The summed E-state index contributed by atoms with van der Waals surface area (Å²) < 4.78 is 19.2. The Hall–Kier alpha value is -3.55. The molecule has 0 aliphatic heterocycles. The van der Waals surface area contributed by atoms with Crippen molar-refractivity contribution in [1.29, 1.82) is 0 Å². The summed E-state index contributed by atoms with van der Waals surface area (Å²) >= 11 is 0. The number of benzene rings is 1. The zero-order chi connectivity index (χ0) is 19.7. The normalized spacial score (nSPS) is 12.2. The van der Waals surface area contributed by atoms with Gasteiger partial charge in [0.25, 0.3) is 0 Å². The van der Waals surface area contributed by atoms with Crippen LogP contribution in [0.4, 0.5) is 4.39 Å². The number of rotatable bonds is 5. The number of hydrogen-bond acceptors (Lipinski definition) is 5. The summed E-state index contributed by atoms with van der Waals surface area (Å²) in [5, 5.41) is 7.46. The van der Waals surface area contributed by atoms with Crippen LogP contribution in [-0.2, 0) is 11.2 Å². The summed E-state index contributed by atoms with van der Waals surface area (Å²) in [5.41, 5.74) is 2.53. The van der Waals surface area contributed by atoms with Crippen LogP contribution in [0.15, 0.2) is 47.1 Å². The molecular formula is C20H18FN5O2. The average molecular weight is 379 g/mol. The van der Waals surface area contributed by atoms with Crippen molar-refractivity contribution in [3.63, 3.8) is 0 Å². The van der Waals surface area contributed by atoms with Crippen molar-refractivity contribution >= 4 is 16.8 Å². The maximum atomic E-state index is 13.9. The Bertz CT molecular complexity index is 1140. The molecule has 0 aliphatic carbocycles. The molecule has 3 heterocycles. The summed E-state index contributed by atoms with van der Waals surface area (Å²) in [6, 6.07) is 9.75.